The van der Waals surface area contributed by atoms with E-state index in [2.05, 4.69) is 15.4 Å². The normalized spacial score (nSPS) is 10.3. The third-order valence-electron chi connectivity index (χ3n) is 2.20. The molecule has 3 N–H and O–H groups in total. The van der Waals surface area contributed by atoms with Gasteiger partial charge < -0.3 is 4.74 Å². The number of nitrogens with zero attached hydrogens (tertiary/aromatic N) is 2. The van der Waals surface area contributed by atoms with Crippen LogP contribution in [-0.2, 0) is 11.3 Å². The van der Waals surface area contributed by atoms with Crippen LogP contribution in [-0.4, -0.2) is 23.0 Å². The van der Waals surface area contributed by atoms with E-state index < -0.39 is 0 Å². The highest BCUT2D eigenvalue weighted by molar-refractivity contribution is 7.17. The van der Waals surface area contributed by atoms with E-state index in [1.165, 1.54) is 11.3 Å². The third-order valence-corrected chi connectivity index (χ3v) is 3.32. The summed E-state index contributed by atoms with van der Waals surface area (Å²) in [7, 11) is 1.55. The number of methoxy groups -OCH3 is 1. The molecule has 0 saturated carbocycles. The maximum absolute atomic E-state index is 11.6. The molecule has 6 nitrogen and oxygen atoms in total. The van der Waals surface area contributed by atoms with Crippen LogP contribution < -0.4 is 11.3 Å². The Kier molecular flexibility index (Phi) is 3.98. The van der Waals surface area contributed by atoms with Crippen LogP contribution in [0.25, 0.3) is 10.7 Å². The van der Waals surface area contributed by atoms with Crippen LogP contribution in [0, 0.1) is 0 Å². The number of hydrogen-bond acceptors (Lipinski definition) is 6. The van der Waals surface area contributed by atoms with Gasteiger partial charge in [0.15, 0.2) is 0 Å². The number of hydrazine groups is 1. The van der Waals surface area contributed by atoms with Gasteiger partial charge in [-0.2, -0.15) is 0 Å². The lowest BCUT2D eigenvalue weighted by Gasteiger charge is -1.98. The maximum Gasteiger partial charge on any atom is 0.277 e. The number of aromatic nitrogens is 2. The highest BCUT2D eigenvalue weighted by Crippen LogP contribution is 2.27. The van der Waals surface area contributed by atoms with Crippen molar-refractivity contribution < 1.29 is 9.53 Å². The molecule has 2 rings (SSSR count). The molecule has 2 aromatic heterocycles. The highest BCUT2D eigenvalue weighted by atomic mass is 32.1. The van der Waals surface area contributed by atoms with Crippen LogP contribution in [0.4, 0.5) is 0 Å². The van der Waals surface area contributed by atoms with Crippen LogP contribution in [0.2, 0.25) is 0 Å². The number of thiazole rings is 1. The molecular formula is C11H12N4O2S. The summed E-state index contributed by atoms with van der Waals surface area (Å²) in [5.74, 6) is 4.77. The van der Waals surface area contributed by atoms with Crippen molar-refractivity contribution in [1.82, 2.24) is 15.4 Å². The van der Waals surface area contributed by atoms with Crippen molar-refractivity contribution in [2.75, 3.05) is 7.11 Å². The van der Waals surface area contributed by atoms with Crippen LogP contribution in [0.5, 0.6) is 0 Å². The summed E-state index contributed by atoms with van der Waals surface area (Å²) in [6.07, 6.45) is 1.68. The quantitative estimate of drug-likeness (QED) is 0.487. The van der Waals surface area contributed by atoms with Crippen LogP contribution in [0.1, 0.15) is 15.4 Å². The first kappa shape index (κ1) is 12.6. The van der Waals surface area contributed by atoms with Gasteiger partial charge in [0.1, 0.15) is 9.88 Å². The first-order valence-electron chi connectivity index (χ1n) is 5.17. The molecule has 2 aromatic rings. The average molecular weight is 264 g/mol. The molecule has 0 unspecified atom stereocenters. The Morgan fingerprint density at radius 2 is 2.39 bits per heavy atom. The van der Waals surface area contributed by atoms with E-state index in [1.807, 2.05) is 18.2 Å². The molecule has 7 heteroatoms. The van der Waals surface area contributed by atoms with Crippen molar-refractivity contribution >= 4 is 17.2 Å². The van der Waals surface area contributed by atoms with Gasteiger partial charge in [-0.05, 0) is 12.1 Å². The van der Waals surface area contributed by atoms with E-state index >= 15 is 0 Å². The molecule has 0 aliphatic rings. The minimum Gasteiger partial charge on any atom is -0.378 e. The lowest BCUT2D eigenvalue weighted by molar-refractivity contribution is 0.0952. The third kappa shape index (κ3) is 2.53. The number of pyridine rings is 1. The predicted molar refractivity (Wildman–Crippen MR) is 67.7 cm³/mol. The standard InChI is InChI=1S/C11H12N4O2S/c1-17-6-8-9(10(16)15-12)18-11(14-8)7-4-2-3-5-13-7/h2-5H,6,12H2,1H3,(H,15,16). The summed E-state index contributed by atoms with van der Waals surface area (Å²) in [4.78, 5) is 20.6. The van der Waals surface area contributed by atoms with Gasteiger partial charge in [-0.1, -0.05) is 6.07 Å². The number of ether oxygens (including phenoxy) is 1. The summed E-state index contributed by atoms with van der Waals surface area (Å²) in [6, 6.07) is 5.52. The number of amides is 1. The summed E-state index contributed by atoms with van der Waals surface area (Å²) in [5, 5.41) is 0.668. The second-order valence-corrected chi connectivity index (χ2v) is 4.42. The van der Waals surface area contributed by atoms with Gasteiger partial charge in [0, 0.05) is 13.3 Å². The van der Waals surface area contributed by atoms with E-state index in [1.54, 1.807) is 13.3 Å². The van der Waals surface area contributed by atoms with Crippen molar-refractivity contribution in [3.8, 4) is 10.7 Å². The number of carbonyl (C=O) groups excluding carboxylic acids is 1. The van der Waals surface area contributed by atoms with Gasteiger partial charge >= 0.3 is 0 Å². The highest BCUT2D eigenvalue weighted by Gasteiger charge is 2.18. The van der Waals surface area contributed by atoms with E-state index in [0.29, 0.717) is 15.6 Å². The maximum atomic E-state index is 11.6. The number of carbonyl (C=O) groups is 1. The average Bonchev–Trinajstić information content (AvgIpc) is 2.83. The summed E-state index contributed by atoms with van der Waals surface area (Å²) >= 11 is 1.24. The minimum absolute atomic E-state index is 0.256. The number of rotatable bonds is 4. The molecule has 0 saturated heterocycles. The Bertz CT molecular complexity index is 541. The Labute approximate surface area is 108 Å². The van der Waals surface area contributed by atoms with Gasteiger partial charge in [0.2, 0.25) is 0 Å². The van der Waals surface area contributed by atoms with Gasteiger partial charge in [-0.25, -0.2) is 10.8 Å². The Morgan fingerprint density at radius 1 is 1.56 bits per heavy atom. The molecule has 0 aliphatic heterocycles. The lowest BCUT2D eigenvalue weighted by Crippen LogP contribution is -2.30. The largest absolute Gasteiger partial charge is 0.378 e. The van der Waals surface area contributed by atoms with Crippen molar-refractivity contribution in [2.24, 2.45) is 5.84 Å². The van der Waals surface area contributed by atoms with Gasteiger partial charge in [-0.15, -0.1) is 11.3 Å². The van der Waals surface area contributed by atoms with Crippen LogP contribution in [0.15, 0.2) is 24.4 Å². The van der Waals surface area contributed by atoms with Crippen molar-refractivity contribution in [3.63, 3.8) is 0 Å². The number of hydrogen-bond donors (Lipinski definition) is 2. The second-order valence-electron chi connectivity index (χ2n) is 3.42. The van der Waals surface area contributed by atoms with Crippen molar-refractivity contribution in [2.45, 2.75) is 6.61 Å². The minimum atomic E-state index is -0.373. The van der Waals surface area contributed by atoms with E-state index in [-0.39, 0.29) is 12.5 Å². The zero-order valence-electron chi connectivity index (χ0n) is 9.71. The SMILES string of the molecule is COCc1nc(-c2ccccn2)sc1C(=O)NN. The molecule has 0 aliphatic carbocycles. The molecule has 18 heavy (non-hydrogen) atoms. The Morgan fingerprint density at radius 3 is 3.00 bits per heavy atom. The monoisotopic (exact) mass is 264 g/mol. The first-order chi connectivity index (χ1) is 8.76. The first-order valence-corrected chi connectivity index (χ1v) is 5.99. The summed E-state index contributed by atoms with van der Waals surface area (Å²) in [5.41, 5.74) is 3.38. The molecule has 2 heterocycles. The topological polar surface area (TPSA) is 90.1 Å². The molecule has 0 atom stereocenters. The van der Waals surface area contributed by atoms with Crippen LogP contribution >= 0.6 is 11.3 Å². The number of nitrogens with two attached hydrogens (primary N) is 1. The van der Waals surface area contributed by atoms with E-state index in [9.17, 15) is 4.79 Å². The molecule has 0 fully saturated rings. The molecule has 94 valence electrons. The Balaban J connectivity index is 2.42. The van der Waals surface area contributed by atoms with E-state index in [4.69, 9.17) is 10.6 Å². The molecule has 0 aromatic carbocycles. The lowest BCUT2D eigenvalue weighted by atomic mass is 10.3. The zero-order valence-corrected chi connectivity index (χ0v) is 10.5. The molecule has 1 amide bonds. The fourth-order valence-corrected chi connectivity index (χ4v) is 2.38. The van der Waals surface area contributed by atoms with Gasteiger partial charge in [0.05, 0.1) is 18.0 Å². The molecule has 0 bridgehead atoms. The Hall–Kier alpha value is -1.83. The fraction of sp³-hybridized carbons (Fsp3) is 0.182. The van der Waals surface area contributed by atoms with Gasteiger partial charge in [-0.3, -0.25) is 15.2 Å². The zero-order chi connectivity index (χ0) is 13.0. The predicted octanol–water partition coefficient (Wildman–Crippen LogP) is 0.955. The fourth-order valence-electron chi connectivity index (χ4n) is 1.43. The molecule has 0 radical (unpaired) electrons. The van der Waals surface area contributed by atoms with Gasteiger partial charge in [0.25, 0.3) is 5.91 Å². The number of nitrogens with one attached hydrogen (secondary N) is 1. The summed E-state index contributed by atoms with van der Waals surface area (Å²) < 4.78 is 5.02. The van der Waals surface area contributed by atoms with E-state index in [0.717, 1.165) is 5.69 Å². The molecular weight excluding hydrogens is 252 g/mol. The number of nitrogen functional groups attached to an aromatic ring is 1. The van der Waals surface area contributed by atoms with Crippen LogP contribution in [0.3, 0.4) is 0 Å². The summed E-state index contributed by atoms with van der Waals surface area (Å²) in [6.45, 7) is 0.256. The van der Waals surface area contributed by atoms with Crippen molar-refractivity contribution in [3.05, 3.63) is 35.0 Å². The molecule has 0 spiro atoms. The second kappa shape index (κ2) is 5.67. The smallest absolute Gasteiger partial charge is 0.277 e. The van der Waals surface area contributed by atoms with Crippen molar-refractivity contribution in [1.29, 1.82) is 0 Å².